The van der Waals surface area contributed by atoms with Crippen LogP contribution in [-0.4, -0.2) is 43.0 Å². The Balaban J connectivity index is 1.42. The zero-order valence-electron chi connectivity index (χ0n) is 24.6. The number of thioether (sulfide) groups is 1. The number of aromatic nitrogens is 4. The molecule has 12 heteroatoms. The highest BCUT2D eigenvalue weighted by atomic mass is 35.5. The molecule has 1 fully saturated rings. The second-order valence-corrected chi connectivity index (χ2v) is 13.1. The number of aliphatic hydroxyl groups excluding tert-OH is 1. The number of aryl methyl sites for hydroxylation is 1. The third-order valence-corrected chi connectivity index (χ3v) is 9.95. The SMILES string of the molecule is CCCCCOc1cccc(C2C(=C(O)c3c(C)nc4ccccn34)C(=O)C(=O)N2c2nnc(SCc3ccccc3Cl)s2)c1. The highest BCUT2D eigenvalue weighted by Crippen LogP contribution is 2.45. The van der Waals surface area contributed by atoms with Gasteiger partial charge in [0.15, 0.2) is 10.1 Å². The molecule has 230 valence electrons. The van der Waals surface area contributed by atoms with Gasteiger partial charge in [0.2, 0.25) is 5.13 Å². The van der Waals surface area contributed by atoms with Crippen molar-refractivity contribution in [2.45, 2.75) is 49.2 Å². The molecule has 4 heterocycles. The van der Waals surface area contributed by atoms with Crippen molar-refractivity contribution in [2.24, 2.45) is 0 Å². The summed E-state index contributed by atoms with van der Waals surface area (Å²) >= 11 is 8.97. The molecule has 0 spiro atoms. The maximum atomic E-state index is 13.8. The number of hydrogen-bond donors (Lipinski definition) is 1. The van der Waals surface area contributed by atoms with Crippen molar-refractivity contribution < 1.29 is 19.4 Å². The number of aliphatic hydroxyl groups is 1. The number of carbonyl (C=O) groups is 2. The van der Waals surface area contributed by atoms with Crippen molar-refractivity contribution in [2.75, 3.05) is 11.5 Å². The van der Waals surface area contributed by atoms with Gasteiger partial charge in [0.05, 0.1) is 23.9 Å². The van der Waals surface area contributed by atoms with E-state index in [1.54, 1.807) is 23.6 Å². The number of benzene rings is 2. The van der Waals surface area contributed by atoms with E-state index < -0.39 is 17.7 Å². The maximum absolute atomic E-state index is 13.8. The number of hydrogen-bond acceptors (Lipinski definition) is 9. The van der Waals surface area contributed by atoms with Crippen LogP contribution in [0.1, 0.15) is 54.7 Å². The van der Waals surface area contributed by atoms with E-state index in [4.69, 9.17) is 16.3 Å². The molecule has 45 heavy (non-hydrogen) atoms. The number of ether oxygens (including phenoxy) is 1. The van der Waals surface area contributed by atoms with E-state index in [-0.39, 0.29) is 16.5 Å². The van der Waals surface area contributed by atoms with Gasteiger partial charge in [-0.1, -0.05) is 90.9 Å². The minimum atomic E-state index is -0.979. The first-order valence-corrected chi connectivity index (χ1v) is 16.7. The van der Waals surface area contributed by atoms with E-state index in [1.165, 1.54) is 28.0 Å². The summed E-state index contributed by atoms with van der Waals surface area (Å²) in [5.74, 6) is -0.780. The fourth-order valence-corrected chi connectivity index (χ4v) is 7.45. The van der Waals surface area contributed by atoms with Crippen LogP contribution in [0.15, 0.2) is 82.8 Å². The molecule has 3 aromatic heterocycles. The molecule has 1 atom stereocenters. The van der Waals surface area contributed by atoms with Gasteiger partial charge in [-0.2, -0.15) is 0 Å². The van der Waals surface area contributed by atoms with Crippen molar-refractivity contribution in [3.05, 3.63) is 106 Å². The molecule has 1 N–H and O–H groups in total. The molecule has 1 amide bonds. The van der Waals surface area contributed by atoms with Gasteiger partial charge in [-0.05, 0) is 54.8 Å². The summed E-state index contributed by atoms with van der Waals surface area (Å²) in [6.45, 7) is 4.43. The zero-order chi connectivity index (χ0) is 31.5. The molecule has 5 aromatic rings. The summed E-state index contributed by atoms with van der Waals surface area (Å²) in [5, 5.41) is 21.4. The molecule has 0 aliphatic carbocycles. The number of carbonyl (C=O) groups excluding carboxylic acids is 2. The first kappa shape index (κ1) is 30.8. The number of pyridine rings is 1. The summed E-state index contributed by atoms with van der Waals surface area (Å²) in [6, 6.07) is 19.3. The Kier molecular flexibility index (Phi) is 9.20. The van der Waals surface area contributed by atoms with Crippen LogP contribution < -0.4 is 9.64 Å². The summed E-state index contributed by atoms with van der Waals surface area (Å²) in [6.07, 6.45) is 4.79. The van der Waals surface area contributed by atoms with Crippen LogP contribution >= 0.6 is 34.7 Å². The Labute approximate surface area is 273 Å². The highest BCUT2D eigenvalue weighted by molar-refractivity contribution is 8.00. The summed E-state index contributed by atoms with van der Waals surface area (Å²) in [7, 11) is 0. The molecule has 1 aliphatic rings. The van der Waals surface area contributed by atoms with Crippen LogP contribution in [0, 0.1) is 6.92 Å². The van der Waals surface area contributed by atoms with Crippen LogP contribution in [-0.2, 0) is 15.3 Å². The Morgan fingerprint density at radius 3 is 2.71 bits per heavy atom. The van der Waals surface area contributed by atoms with Crippen LogP contribution in [0.4, 0.5) is 5.13 Å². The quantitative estimate of drug-likeness (QED) is 0.0385. The van der Waals surface area contributed by atoms with Gasteiger partial charge in [0, 0.05) is 17.0 Å². The molecule has 0 saturated carbocycles. The maximum Gasteiger partial charge on any atom is 0.301 e. The number of fused-ring (bicyclic) bond motifs is 1. The second kappa shape index (κ2) is 13.4. The van der Waals surface area contributed by atoms with Gasteiger partial charge < -0.3 is 9.84 Å². The van der Waals surface area contributed by atoms with Crippen molar-refractivity contribution in [1.82, 2.24) is 19.6 Å². The van der Waals surface area contributed by atoms with E-state index in [2.05, 4.69) is 22.1 Å². The van der Waals surface area contributed by atoms with Crippen molar-refractivity contribution in [1.29, 1.82) is 0 Å². The van der Waals surface area contributed by atoms with E-state index in [1.807, 2.05) is 60.7 Å². The molecule has 1 saturated heterocycles. The Hall–Kier alpha value is -4.19. The lowest BCUT2D eigenvalue weighted by Crippen LogP contribution is -2.29. The number of rotatable bonds is 11. The average Bonchev–Trinajstić information content (AvgIpc) is 3.72. The normalized spacial score (nSPS) is 16.2. The molecule has 2 aromatic carbocycles. The number of imidazole rings is 1. The van der Waals surface area contributed by atoms with Crippen LogP contribution in [0.5, 0.6) is 5.75 Å². The average molecular weight is 660 g/mol. The third-order valence-electron chi connectivity index (χ3n) is 7.47. The lowest BCUT2D eigenvalue weighted by Gasteiger charge is -2.23. The number of halogens is 1. The first-order valence-electron chi connectivity index (χ1n) is 14.5. The van der Waals surface area contributed by atoms with Gasteiger partial charge >= 0.3 is 5.91 Å². The molecule has 1 aliphatic heterocycles. The zero-order valence-corrected chi connectivity index (χ0v) is 27.0. The number of unbranched alkanes of at least 4 members (excludes halogenated alkanes) is 2. The standard InChI is InChI=1S/C33H30ClN5O4S2/c1-3-4-9-17-43-23-13-10-12-21(18-23)28-26(29(40)27-20(2)35-25-15-7-8-16-38(25)27)30(41)31(42)39(28)32-36-37-33(45-32)44-19-22-11-5-6-14-24(22)34/h5-8,10-16,18,28,40H,3-4,9,17,19H2,1-2H3. The summed E-state index contributed by atoms with van der Waals surface area (Å²) in [5.41, 5.74) is 2.95. The highest BCUT2D eigenvalue weighted by Gasteiger charge is 2.49. The lowest BCUT2D eigenvalue weighted by atomic mass is 9.96. The molecule has 0 radical (unpaired) electrons. The molecule has 0 bridgehead atoms. The van der Waals surface area contributed by atoms with Crippen LogP contribution in [0.2, 0.25) is 5.02 Å². The van der Waals surface area contributed by atoms with Gasteiger partial charge in [0.1, 0.15) is 17.1 Å². The van der Waals surface area contributed by atoms with E-state index in [0.717, 1.165) is 24.8 Å². The summed E-state index contributed by atoms with van der Waals surface area (Å²) < 4.78 is 8.33. The fourth-order valence-electron chi connectivity index (χ4n) is 5.30. The van der Waals surface area contributed by atoms with E-state index >= 15 is 0 Å². The molecule has 9 nitrogen and oxygen atoms in total. The number of amides is 1. The minimum absolute atomic E-state index is 0.0580. The van der Waals surface area contributed by atoms with E-state index in [0.29, 0.717) is 50.1 Å². The number of ketones is 1. The monoisotopic (exact) mass is 659 g/mol. The van der Waals surface area contributed by atoms with Crippen molar-refractivity contribution in [3.8, 4) is 5.75 Å². The predicted molar refractivity (Wildman–Crippen MR) is 177 cm³/mol. The Bertz CT molecular complexity index is 1920. The lowest BCUT2D eigenvalue weighted by molar-refractivity contribution is -0.132. The smallest absolute Gasteiger partial charge is 0.301 e. The molecule has 6 rings (SSSR count). The van der Waals surface area contributed by atoms with Gasteiger partial charge in [-0.15, -0.1) is 10.2 Å². The predicted octanol–water partition coefficient (Wildman–Crippen LogP) is 7.64. The minimum Gasteiger partial charge on any atom is -0.505 e. The van der Waals surface area contributed by atoms with Crippen molar-refractivity contribution >= 4 is 62.9 Å². The van der Waals surface area contributed by atoms with Gasteiger partial charge in [-0.3, -0.25) is 18.9 Å². The molecular formula is C33H30ClN5O4S2. The number of nitrogens with zero attached hydrogens (tertiary/aromatic N) is 5. The first-order chi connectivity index (χ1) is 21.9. The second-order valence-electron chi connectivity index (χ2n) is 10.5. The molecule has 1 unspecified atom stereocenters. The third kappa shape index (κ3) is 6.20. The topological polar surface area (TPSA) is 110 Å². The van der Waals surface area contributed by atoms with Crippen LogP contribution in [0.25, 0.3) is 11.4 Å². The Morgan fingerprint density at radius 1 is 1.07 bits per heavy atom. The van der Waals surface area contributed by atoms with E-state index in [9.17, 15) is 14.7 Å². The number of Topliss-reactive ketones (excluding diaryl/α,β-unsaturated/α-hetero) is 1. The van der Waals surface area contributed by atoms with Crippen molar-refractivity contribution in [3.63, 3.8) is 0 Å². The fraction of sp³-hybridized carbons (Fsp3) is 0.242. The molecular weight excluding hydrogens is 630 g/mol. The number of anilines is 1. The largest absolute Gasteiger partial charge is 0.505 e. The van der Waals surface area contributed by atoms with Gasteiger partial charge in [0.25, 0.3) is 5.78 Å². The Morgan fingerprint density at radius 2 is 1.89 bits per heavy atom. The van der Waals surface area contributed by atoms with Crippen LogP contribution in [0.3, 0.4) is 0 Å². The van der Waals surface area contributed by atoms with Gasteiger partial charge in [-0.25, -0.2) is 4.98 Å². The summed E-state index contributed by atoms with van der Waals surface area (Å²) in [4.78, 5) is 33.5.